The number of alkyl carbamates (subject to hydrolysis) is 1. The lowest BCUT2D eigenvalue weighted by molar-refractivity contribution is -0.0955. The Bertz CT molecular complexity index is 1140. The Morgan fingerprint density at radius 1 is 1.08 bits per heavy atom. The fourth-order valence-electron chi connectivity index (χ4n) is 4.46. The van der Waals surface area contributed by atoms with Gasteiger partial charge in [0, 0.05) is 19.4 Å². The summed E-state index contributed by atoms with van der Waals surface area (Å²) in [7, 11) is -2.23. The number of nitrogens with one attached hydrogen (secondary N) is 2. The molecule has 2 saturated heterocycles. The molecule has 0 aliphatic carbocycles. The number of carbonyl (C=O) groups is 1. The van der Waals surface area contributed by atoms with Gasteiger partial charge in [-0.25, -0.2) is 13.2 Å². The zero-order chi connectivity index (χ0) is 27.7. The second-order valence-electron chi connectivity index (χ2n) is 9.53. The molecule has 2 aliphatic heterocycles. The third-order valence-electron chi connectivity index (χ3n) is 6.70. The number of carbonyl (C=O) groups excluding carboxylic acids is 1. The molecule has 39 heavy (non-hydrogen) atoms. The van der Waals surface area contributed by atoms with Crippen molar-refractivity contribution in [3.8, 4) is 5.75 Å². The van der Waals surface area contributed by atoms with Gasteiger partial charge in [0.1, 0.15) is 11.9 Å². The Kier molecular flexibility index (Phi) is 10.5. The van der Waals surface area contributed by atoms with E-state index in [9.17, 15) is 18.3 Å². The lowest BCUT2D eigenvalue weighted by Gasteiger charge is -2.30. The van der Waals surface area contributed by atoms with Crippen LogP contribution in [0.4, 0.5) is 4.79 Å². The summed E-state index contributed by atoms with van der Waals surface area (Å²) >= 11 is 0. The summed E-state index contributed by atoms with van der Waals surface area (Å²) in [6.07, 6.45) is -0.779. The summed E-state index contributed by atoms with van der Waals surface area (Å²) in [5.41, 5.74) is 2.64. The van der Waals surface area contributed by atoms with E-state index < -0.39 is 39.6 Å². The first-order valence-electron chi connectivity index (χ1n) is 13.0. The lowest BCUT2D eigenvalue weighted by Crippen LogP contribution is -2.50. The van der Waals surface area contributed by atoms with Crippen LogP contribution in [0.25, 0.3) is 0 Å². The van der Waals surface area contributed by atoms with Crippen LogP contribution in [0.15, 0.2) is 59.5 Å². The Morgan fingerprint density at radius 3 is 2.51 bits per heavy atom. The number of aliphatic hydroxyl groups is 1. The van der Waals surface area contributed by atoms with Crippen LogP contribution >= 0.6 is 0 Å². The molecule has 2 aliphatic rings. The molecule has 2 unspecified atom stereocenters. The Labute approximate surface area is 228 Å². The number of ether oxygens (including phenoxy) is 4. The maximum absolute atomic E-state index is 13.1. The van der Waals surface area contributed by atoms with Gasteiger partial charge in [0.2, 0.25) is 9.84 Å². The van der Waals surface area contributed by atoms with Crippen molar-refractivity contribution < 1.29 is 42.1 Å². The summed E-state index contributed by atoms with van der Waals surface area (Å²) in [6, 6.07) is 15.0. The van der Waals surface area contributed by atoms with E-state index >= 15 is 0 Å². The van der Waals surface area contributed by atoms with Gasteiger partial charge in [-0.05, 0) is 42.7 Å². The van der Waals surface area contributed by atoms with E-state index in [2.05, 4.69) is 10.8 Å². The van der Waals surface area contributed by atoms with Crippen LogP contribution in [0.1, 0.15) is 24.8 Å². The monoisotopic (exact) mass is 564 g/mol. The fourth-order valence-corrected chi connectivity index (χ4v) is 6.02. The van der Waals surface area contributed by atoms with E-state index in [1.54, 1.807) is 12.1 Å². The number of hydroxylamine groups is 1. The third kappa shape index (κ3) is 8.37. The molecule has 0 aromatic heterocycles. The number of hydrogen-bond acceptors (Lipinski definition) is 10. The van der Waals surface area contributed by atoms with Crippen molar-refractivity contribution in [1.82, 2.24) is 10.8 Å². The highest BCUT2D eigenvalue weighted by molar-refractivity contribution is 7.91. The molecule has 1 amide bonds. The van der Waals surface area contributed by atoms with Gasteiger partial charge in [0.05, 0.1) is 50.1 Å². The number of aliphatic hydroxyl groups excluding tert-OH is 1. The zero-order valence-electron chi connectivity index (χ0n) is 21.9. The normalized spacial score (nSPS) is 23.1. The number of amides is 1. The van der Waals surface area contributed by atoms with E-state index in [1.165, 1.54) is 19.2 Å². The number of methoxy groups -OCH3 is 1. The minimum atomic E-state index is -3.74. The van der Waals surface area contributed by atoms with Gasteiger partial charge in [-0.2, -0.15) is 5.48 Å². The third-order valence-corrected chi connectivity index (χ3v) is 8.65. The SMILES string of the molecule is COc1ccc(S(=O)(=O)C2CC(ONC[C@@H](O)[C@H](Cc3ccccc3)NC(=O)O[C@H]3CCOC3)CCO2)cc1. The van der Waals surface area contributed by atoms with Crippen LogP contribution in [0.5, 0.6) is 5.75 Å². The van der Waals surface area contributed by atoms with Gasteiger partial charge in [0.15, 0.2) is 5.44 Å². The largest absolute Gasteiger partial charge is 0.497 e. The van der Waals surface area contributed by atoms with Gasteiger partial charge >= 0.3 is 6.09 Å². The van der Waals surface area contributed by atoms with Crippen LogP contribution in [0.3, 0.4) is 0 Å². The van der Waals surface area contributed by atoms with Gasteiger partial charge in [0.25, 0.3) is 0 Å². The van der Waals surface area contributed by atoms with E-state index in [4.69, 9.17) is 23.8 Å². The maximum Gasteiger partial charge on any atom is 0.407 e. The first-order valence-corrected chi connectivity index (χ1v) is 14.5. The van der Waals surface area contributed by atoms with Crippen LogP contribution in [0.2, 0.25) is 0 Å². The number of hydrogen-bond donors (Lipinski definition) is 3. The minimum Gasteiger partial charge on any atom is -0.497 e. The van der Waals surface area contributed by atoms with Crippen LogP contribution in [0, 0.1) is 0 Å². The molecule has 214 valence electrons. The summed E-state index contributed by atoms with van der Waals surface area (Å²) < 4.78 is 47.4. The molecule has 2 aromatic rings. The second-order valence-corrected chi connectivity index (χ2v) is 11.6. The van der Waals surface area contributed by atoms with Gasteiger partial charge < -0.3 is 29.4 Å². The molecule has 11 nitrogen and oxygen atoms in total. The minimum absolute atomic E-state index is 0.00241. The van der Waals surface area contributed by atoms with Crippen LogP contribution in [-0.2, 0) is 35.3 Å². The zero-order valence-corrected chi connectivity index (χ0v) is 22.7. The molecule has 12 heteroatoms. The number of benzene rings is 2. The predicted octanol–water partition coefficient (Wildman–Crippen LogP) is 1.98. The molecule has 4 rings (SSSR count). The van der Waals surface area contributed by atoms with E-state index in [-0.39, 0.29) is 30.6 Å². The Morgan fingerprint density at radius 2 is 1.82 bits per heavy atom. The Balaban J connectivity index is 1.30. The highest BCUT2D eigenvalue weighted by atomic mass is 32.2. The predicted molar refractivity (Wildman–Crippen MR) is 141 cm³/mol. The van der Waals surface area contributed by atoms with E-state index in [0.717, 1.165) is 5.56 Å². The fraction of sp³-hybridized carbons (Fsp3) is 0.519. The van der Waals surface area contributed by atoms with Crippen molar-refractivity contribution in [1.29, 1.82) is 0 Å². The molecule has 2 fully saturated rings. The van der Waals surface area contributed by atoms with Crippen molar-refractivity contribution >= 4 is 15.9 Å². The summed E-state index contributed by atoms with van der Waals surface area (Å²) in [4.78, 5) is 18.4. The summed E-state index contributed by atoms with van der Waals surface area (Å²) in [5, 5.41) is 13.7. The highest BCUT2D eigenvalue weighted by Crippen LogP contribution is 2.27. The van der Waals surface area contributed by atoms with Crippen molar-refractivity contribution in [3.63, 3.8) is 0 Å². The molecular formula is C27H36N2O9S. The number of sulfone groups is 1. The van der Waals surface area contributed by atoms with E-state index in [0.29, 0.717) is 38.2 Å². The smallest absolute Gasteiger partial charge is 0.407 e. The van der Waals surface area contributed by atoms with Gasteiger partial charge in [-0.1, -0.05) is 30.3 Å². The van der Waals surface area contributed by atoms with Gasteiger partial charge in [-0.3, -0.25) is 4.84 Å². The van der Waals surface area contributed by atoms with Crippen LogP contribution in [-0.4, -0.2) is 82.9 Å². The van der Waals surface area contributed by atoms with Crippen molar-refractivity contribution in [2.45, 2.75) is 60.4 Å². The molecule has 2 heterocycles. The quantitative estimate of drug-likeness (QED) is 0.328. The summed E-state index contributed by atoms with van der Waals surface area (Å²) in [5.74, 6) is 0.559. The van der Waals surface area contributed by atoms with Gasteiger partial charge in [-0.15, -0.1) is 0 Å². The van der Waals surface area contributed by atoms with Crippen molar-refractivity contribution in [2.75, 3.05) is 33.5 Å². The molecule has 3 N–H and O–H groups in total. The molecule has 0 saturated carbocycles. The van der Waals surface area contributed by atoms with Crippen LogP contribution < -0.4 is 15.5 Å². The molecule has 2 aromatic carbocycles. The molecule has 0 radical (unpaired) electrons. The first-order chi connectivity index (χ1) is 18.8. The second kappa shape index (κ2) is 14.1. The topological polar surface area (TPSA) is 142 Å². The average molecular weight is 565 g/mol. The summed E-state index contributed by atoms with van der Waals surface area (Å²) in [6.45, 7) is 1.11. The van der Waals surface area contributed by atoms with Crippen molar-refractivity contribution in [2.24, 2.45) is 0 Å². The molecule has 0 spiro atoms. The molecular weight excluding hydrogens is 528 g/mol. The van der Waals surface area contributed by atoms with E-state index in [1.807, 2.05) is 30.3 Å². The lowest BCUT2D eigenvalue weighted by atomic mass is 10.0. The molecule has 5 atom stereocenters. The molecule has 0 bridgehead atoms. The maximum atomic E-state index is 13.1. The number of rotatable bonds is 12. The average Bonchev–Trinajstić information content (AvgIpc) is 3.46. The first kappa shape index (κ1) is 29.2. The standard InChI is InChI=1S/C27H36N2O9S/c1-34-20-7-9-23(10-8-20)39(32,33)26-16-21(12-14-36-26)38-28-17-25(30)24(15-19-5-3-2-4-6-19)29-27(31)37-22-11-13-35-18-22/h2-10,21-22,24-26,28,30H,11-18H2,1H3,(H,29,31)/t21?,22-,24-,25+,26?/m0/s1. The van der Waals surface area contributed by atoms with Crippen molar-refractivity contribution in [3.05, 3.63) is 60.2 Å². The Hall–Kier alpha value is -2.74. The highest BCUT2D eigenvalue weighted by Gasteiger charge is 2.35.